The first-order chi connectivity index (χ1) is 7.81. The van der Waals surface area contributed by atoms with E-state index in [0.29, 0.717) is 6.61 Å². The highest BCUT2D eigenvalue weighted by atomic mass is 35.5. The zero-order chi connectivity index (χ0) is 11.4. The van der Waals surface area contributed by atoms with Crippen LogP contribution in [0.5, 0.6) is 0 Å². The molecule has 1 heterocycles. The Labute approximate surface area is 99.5 Å². The van der Waals surface area contributed by atoms with Gasteiger partial charge in [0, 0.05) is 16.6 Å². The quantitative estimate of drug-likeness (QED) is 0.751. The summed E-state index contributed by atoms with van der Waals surface area (Å²) in [6.45, 7) is 2.60. The van der Waals surface area contributed by atoms with E-state index in [0.717, 1.165) is 21.5 Å². The third kappa shape index (κ3) is 2.34. The lowest BCUT2D eigenvalue weighted by Gasteiger charge is -2.01. The van der Waals surface area contributed by atoms with E-state index in [4.69, 9.17) is 16.3 Å². The van der Waals surface area contributed by atoms with Crippen molar-refractivity contribution in [2.75, 3.05) is 6.61 Å². The molecule has 0 aliphatic rings. The van der Waals surface area contributed by atoms with Crippen molar-refractivity contribution in [2.24, 2.45) is 0 Å². The first-order valence-corrected chi connectivity index (χ1v) is 5.51. The molecule has 0 fully saturated rings. The van der Waals surface area contributed by atoms with Gasteiger partial charge in [0.05, 0.1) is 18.6 Å². The lowest BCUT2D eigenvalue weighted by atomic mass is 10.1. The zero-order valence-electron chi connectivity index (χ0n) is 8.98. The van der Waals surface area contributed by atoms with Crippen LogP contribution < -0.4 is 0 Å². The Bertz CT molecular complexity index is 522. The van der Waals surface area contributed by atoms with E-state index >= 15 is 0 Å². The van der Waals surface area contributed by atoms with Crippen LogP contribution in [-0.2, 0) is 4.74 Å². The summed E-state index contributed by atoms with van der Waals surface area (Å²) in [4.78, 5) is 4.30. The van der Waals surface area contributed by atoms with Crippen molar-refractivity contribution in [2.45, 2.75) is 6.92 Å². The Morgan fingerprint density at radius 3 is 3.06 bits per heavy atom. The number of rotatable bonds is 3. The first kappa shape index (κ1) is 11.0. The van der Waals surface area contributed by atoms with E-state index < -0.39 is 0 Å². The van der Waals surface area contributed by atoms with Crippen molar-refractivity contribution in [3.63, 3.8) is 0 Å². The minimum Gasteiger partial charge on any atom is -0.501 e. The van der Waals surface area contributed by atoms with Crippen molar-refractivity contribution < 1.29 is 4.74 Å². The Kier molecular flexibility index (Phi) is 3.42. The second-order valence-corrected chi connectivity index (χ2v) is 3.76. The molecule has 0 saturated heterocycles. The molecule has 82 valence electrons. The van der Waals surface area contributed by atoms with Gasteiger partial charge in [0.15, 0.2) is 0 Å². The van der Waals surface area contributed by atoms with Gasteiger partial charge < -0.3 is 4.74 Å². The average Bonchev–Trinajstić information content (AvgIpc) is 2.29. The van der Waals surface area contributed by atoms with E-state index in [9.17, 15) is 0 Å². The highest BCUT2D eigenvalue weighted by Crippen LogP contribution is 2.21. The fraction of sp³-hybridized carbons (Fsp3) is 0.154. The SMILES string of the molecule is CCO/C=C/c1nccc2cc(Cl)ccc12. The summed E-state index contributed by atoms with van der Waals surface area (Å²) < 4.78 is 5.16. The van der Waals surface area contributed by atoms with Gasteiger partial charge in [0.1, 0.15) is 0 Å². The van der Waals surface area contributed by atoms with Crippen LogP contribution in [0.4, 0.5) is 0 Å². The highest BCUT2D eigenvalue weighted by molar-refractivity contribution is 6.31. The molecule has 3 heteroatoms. The molecule has 0 aliphatic carbocycles. The van der Waals surface area contributed by atoms with Crippen LogP contribution in [0.15, 0.2) is 36.7 Å². The third-order valence-corrected chi connectivity index (χ3v) is 2.48. The minimum atomic E-state index is 0.660. The van der Waals surface area contributed by atoms with Crippen molar-refractivity contribution in [1.29, 1.82) is 0 Å². The fourth-order valence-corrected chi connectivity index (χ4v) is 1.69. The van der Waals surface area contributed by atoms with Gasteiger partial charge in [-0.15, -0.1) is 0 Å². The van der Waals surface area contributed by atoms with Gasteiger partial charge in [0.25, 0.3) is 0 Å². The number of ether oxygens (including phenoxy) is 1. The van der Waals surface area contributed by atoms with Crippen LogP contribution in [0.1, 0.15) is 12.6 Å². The Hall–Kier alpha value is -1.54. The second-order valence-electron chi connectivity index (χ2n) is 3.32. The minimum absolute atomic E-state index is 0.660. The molecule has 0 spiro atoms. The van der Waals surface area contributed by atoms with E-state index in [1.54, 1.807) is 12.5 Å². The van der Waals surface area contributed by atoms with E-state index in [1.807, 2.05) is 37.3 Å². The molecular formula is C13H12ClNO. The van der Waals surface area contributed by atoms with Gasteiger partial charge in [-0.05, 0) is 36.6 Å². The molecule has 0 amide bonds. The largest absolute Gasteiger partial charge is 0.501 e. The molecule has 0 aliphatic heterocycles. The molecule has 1 aromatic carbocycles. The Morgan fingerprint density at radius 1 is 1.38 bits per heavy atom. The molecule has 0 atom stereocenters. The predicted octanol–water partition coefficient (Wildman–Crippen LogP) is 3.90. The first-order valence-electron chi connectivity index (χ1n) is 5.13. The Balaban J connectivity index is 2.45. The van der Waals surface area contributed by atoms with Gasteiger partial charge in [-0.1, -0.05) is 17.7 Å². The van der Waals surface area contributed by atoms with Crippen LogP contribution in [-0.4, -0.2) is 11.6 Å². The van der Waals surface area contributed by atoms with Crippen LogP contribution in [0, 0.1) is 0 Å². The number of aromatic nitrogens is 1. The number of hydrogen-bond acceptors (Lipinski definition) is 2. The zero-order valence-corrected chi connectivity index (χ0v) is 9.74. The Morgan fingerprint density at radius 2 is 2.25 bits per heavy atom. The predicted molar refractivity (Wildman–Crippen MR) is 67.4 cm³/mol. The number of hydrogen-bond donors (Lipinski definition) is 0. The number of nitrogens with zero attached hydrogens (tertiary/aromatic N) is 1. The molecule has 2 nitrogen and oxygen atoms in total. The molecule has 2 aromatic rings. The maximum absolute atomic E-state index is 5.93. The maximum atomic E-state index is 5.93. The van der Waals surface area contributed by atoms with Gasteiger partial charge in [-0.3, -0.25) is 4.98 Å². The summed E-state index contributed by atoms with van der Waals surface area (Å²) in [6.07, 6.45) is 5.29. The lowest BCUT2D eigenvalue weighted by molar-refractivity contribution is 0.272. The molecule has 0 bridgehead atoms. The van der Waals surface area contributed by atoms with Gasteiger partial charge in [-0.25, -0.2) is 0 Å². The molecule has 2 rings (SSSR count). The van der Waals surface area contributed by atoms with Crippen LogP contribution in [0.3, 0.4) is 0 Å². The highest BCUT2D eigenvalue weighted by Gasteiger charge is 1.99. The number of benzene rings is 1. The van der Waals surface area contributed by atoms with E-state index in [2.05, 4.69) is 4.98 Å². The fourth-order valence-electron chi connectivity index (χ4n) is 1.51. The summed E-state index contributed by atoms with van der Waals surface area (Å²) in [7, 11) is 0. The number of halogens is 1. The van der Waals surface area contributed by atoms with Crippen molar-refractivity contribution in [1.82, 2.24) is 4.98 Å². The third-order valence-electron chi connectivity index (χ3n) is 2.25. The summed E-state index contributed by atoms with van der Waals surface area (Å²) in [5, 5.41) is 2.89. The van der Waals surface area contributed by atoms with E-state index in [1.165, 1.54) is 0 Å². The molecular weight excluding hydrogens is 222 g/mol. The molecule has 1 aromatic heterocycles. The standard InChI is InChI=1S/C13H12ClNO/c1-2-16-8-6-13-12-4-3-11(14)9-10(12)5-7-15-13/h3-9H,2H2,1H3/b8-6+. The molecule has 0 N–H and O–H groups in total. The van der Waals surface area contributed by atoms with Crippen LogP contribution >= 0.6 is 11.6 Å². The van der Waals surface area contributed by atoms with Gasteiger partial charge in [0.2, 0.25) is 0 Å². The van der Waals surface area contributed by atoms with Gasteiger partial charge >= 0.3 is 0 Å². The number of pyridine rings is 1. The molecule has 0 unspecified atom stereocenters. The smallest absolute Gasteiger partial charge is 0.0850 e. The van der Waals surface area contributed by atoms with E-state index in [-0.39, 0.29) is 0 Å². The summed E-state index contributed by atoms with van der Waals surface area (Å²) in [5.41, 5.74) is 0.891. The molecule has 16 heavy (non-hydrogen) atoms. The molecule has 0 saturated carbocycles. The summed E-state index contributed by atoms with van der Waals surface area (Å²) in [5.74, 6) is 0. The van der Waals surface area contributed by atoms with Crippen molar-refractivity contribution in [3.8, 4) is 0 Å². The molecule has 0 radical (unpaired) electrons. The average molecular weight is 234 g/mol. The maximum Gasteiger partial charge on any atom is 0.0850 e. The van der Waals surface area contributed by atoms with Crippen molar-refractivity contribution in [3.05, 3.63) is 47.4 Å². The summed E-state index contributed by atoms with van der Waals surface area (Å²) >= 11 is 5.93. The van der Waals surface area contributed by atoms with Crippen LogP contribution in [0.25, 0.3) is 16.8 Å². The summed E-state index contributed by atoms with van der Waals surface area (Å²) in [6, 6.07) is 7.70. The van der Waals surface area contributed by atoms with Gasteiger partial charge in [-0.2, -0.15) is 0 Å². The monoisotopic (exact) mass is 233 g/mol. The van der Waals surface area contributed by atoms with Crippen molar-refractivity contribution >= 4 is 28.4 Å². The number of fused-ring (bicyclic) bond motifs is 1. The lowest BCUT2D eigenvalue weighted by Crippen LogP contribution is -1.84. The normalized spacial score (nSPS) is 11.1. The topological polar surface area (TPSA) is 22.1 Å². The van der Waals surface area contributed by atoms with Crippen LogP contribution in [0.2, 0.25) is 5.02 Å². The second kappa shape index (κ2) is 4.99.